The quantitative estimate of drug-likeness (QED) is 0.843. The van der Waals surface area contributed by atoms with Gasteiger partial charge in [-0.25, -0.2) is 0 Å². The normalized spacial score (nSPS) is 34.3. The van der Waals surface area contributed by atoms with Crippen molar-refractivity contribution in [3.63, 3.8) is 0 Å². The minimum atomic E-state index is -0.767. The standard InChI is InChI=1S/C14H25NO4/c1-13(2)8-11(14(3,4)19-13)15-5-6-18-9-10(15)7-12(16)17/h10-11H,5-9H2,1-4H3,(H,16,17). The zero-order valence-electron chi connectivity index (χ0n) is 12.3. The van der Waals surface area contributed by atoms with Gasteiger partial charge < -0.3 is 14.6 Å². The lowest BCUT2D eigenvalue weighted by Crippen LogP contribution is -2.56. The topological polar surface area (TPSA) is 59.0 Å². The number of hydrogen-bond donors (Lipinski definition) is 1. The van der Waals surface area contributed by atoms with Gasteiger partial charge in [0.15, 0.2) is 0 Å². The summed E-state index contributed by atoms with van der Waals surface area (Å²) < 4.78 is 11.6. The Morgan fingerprint density at radius 1 is 1.37 bits per heavy atom. The predicted octanol–water partition coefficient (Wildman–Crippen LogP) is 1.51. The molecule has 19 heavy (non-hydrogen) atoms. The average Bonchev–Trinajstić information content (AvgIpc) is 2.46. The Labute approximate surface area is 114 Å². The molecule has 2 unspecified atom stereocenters. The Morgan fingerprint density at radius 3 is 2.58 bits per heavy atom. The Kier molecular flexibility index (Phi) is 3.91. The summed E-state index contributed by atoms with van der Waals surface area (Å²) in [5.41, 5.74) is -0.405. The van der Waals surface area contributed by atoms with Gasteiger partial charge in [-0.3, -0.25) is 9.69 Å². The second-order valence-electron chi connectivity index (χ2n) is 6.75. The lowest BCUT2D eigenvalue weighted by Gasteiger charge is -2.43. The van der Waals surface area contributed by atoms with E-state index in [1.165, 1.54) is 0 Å². The third-order valence-corrected chi connectivity index (χ3v) is 4.11. The summed E-state index contributed by atoms with van der Waals surface area (Å²) >= 11 is 0. The molecular formula is C14H25NO4. The maximum atomic E-state index is 11.0. The molecule has 5 nitrogen and oxygen atoms in total. The van der Waals surface area contributed by atoms with Crippen molar-refractivity contribution < 1.29 is 19.4 Å². The third kappa shape index (κ3) is 3.27. The van der Waals surface area contributed by atoms with Crippen molar-refractivity contribution in [2.45, 2.75) is 63.8 Å². The van der Waals surface area contributed by atoms with Crippen molar-refractivity contribution in [2.24, 2.45) is 0 Å². The molecule has 0 aliphatic carbocycles. The van der Waals surface area contributed by atoms with Crippen LogP contribution in [0.2, 0.25) is 0 Å². The van der Waals surface area contributed by atoms with Crippen molar-refractivity contribution in [1.82, 2.24) is 4.90 Å². The maximum absolute atomic E-state index is 11.0. The molecule has 0 aromatic heterocycles. The van der Waals surface area contributed by atoms with Gasteiger partial charge in [0.2, 0.25) is 0 Å². The van der Waals surface area contributed by atoms with Crippen molar-refractivity contribution in [3.8, 4) is 0 Å². The molecule has 2 atom stereocenters. The van der Waals surface area contributed by atoms with Gasteiger partial charge in [-0.05, 0) is 34.1 Å². The van der Waals surface area contributed by atoms with Gasteiger partial charge in [-0.1, -0.05) is 0 Å². The number of nitrogens with zero attached hydrogens (tertiary/aromatic N) is 1. The molecule has 5 heteroatoms. The lowest BCUT2D eigenvalue weighted by atomic mass is 9.91. The first-order valence-electron chi connectivity index (χ1n) is 6.97. The number of hydrogen-bond acceptors (Lipinski definition) is 4. The molecular weight excluding hydrogens is 246 g/mol. The van der Waals surface area contributed by atoms with Crippen LogP contribution in [0.15, 0.2) is 0 Å². The Morgan fingerprint density at radius 2 is 2.05 bits per heavy atom. The van der Waals surface area contributed by atoms with Crippen LogP contribution in [0, 0.1) is 0 Å². The summed E-state index contributed by atoms with van der Waals surface area (Å²) in [4.78, 5) is 13.3. The third-order valence-electron chi connectivity index (χ3n) is 4.11. The number of ether oxygens (including phenoxy) is 2. The molecule has 0 bridgehead atoms. The number of morpholine rings is 1. The first-order chi connectivity index (χ1) is 8.71. The Hall–Kier alpha value is -0.650. The first kappa shape index (κ1) is 14.8. The number of carbonyl (C=O) groups is 1. The Bertz CT molecular complexity index is 353. The number of carboxylic acid groups (broad SMARTS) is 1. The SMILES string of the molecule is CC1(C)CC(N2CCOCC2CC(=O)O)C(C)(C)O1. The van der Waals surface area contributed by atoms with E-state index < -0.39 is 5.97 Å². The van der Waals surface area contributed by atoms with Gasteiger partial charge >= 0.3 is 5.97 Å². The van der Waals surface area contributed by atoms with E-state index >= 15 is 0 Å². The summed E-state index contributed by atoms with van der Waals surface area (Å²) in [6.45, 7) is 10.3. The predicted molar refractivity (Wildman–Crippen MR) is 71.2 cm³/mol. The van der Waals surface area contributed by atoms with Gasteiger partial charge in [-0.2, -0.15) is 0 Å². The highest BCUT2D eigenvalue weighted by Gasteiger charge is 2.50. The van der Waals surface area contributed by atoms with Crippen LogP contribution in [-0.4, -0.2) is 59.0 Å². The van der Waals surface area contributed by atoms with Crippen LogP contribution in [0.4, 0.5) is 0 Å². The van der Waals surface area contributed by atoms with Gasteiger partial charge in [0.25, 0.3) is 0 Å². The molecule has 0 radical (unpaired) electrons. The summed E-state index contributed by atoms with van der Waals surface area (Å²) in [5, 5.41) is 9.05. The molecule has 0 aromatic carbocycles. The van der Waals surface area contributed by atoms with E-state index in [0.717, 1.165) is 13.0 Å². The van der Waals surface area contributed by atoms with E-state index in [1.807, 2.05) is 0 Å². The minimum absolute atomic E-state index is 0.0481. The van der Waals surface area contributed by atoms with Crippen LogP contribution in [0.25, 0.3) is 0 Å². The smallest absolute Gasteiger partial charge is 0.305 e. The van der Waals surface area contributed by atoms with E-state index in [1.54, 1.807) is 0 Å². The second-order valence-corrected chi connectivity index (χ2v) is 6.75. The lowest BCUT2D eigenvalue weighted by molar-refractivity contribution is -0.142. The second kappa shape index (κ2) is 5.04. The van der Waals surface area contributed by atoms with Crippen LogP contribution in [0.1, 0.15) is 40.5 Å². The van der Waals surface area contributed by atoms with Gasteiger partial charge in [0, 0.05) is 18.6 Å². The van der Waals surface area contributed by atoms with Crippen molar-refractivity contribution >= 4 is 5.97 Å². The molecule has 2 rings (SSSR count). The van der Waals surface area contributed by atoms with Crippen molar-refractivity contribution in [1.29, 1.82) is 0 Å². The highest BCUT2D eigenvalue weighted by Crippen LogP contribution is 2.41. The molecule has 2 heterocycles. The van der Waals surface area contributed by atoms with E-state index in [4.69, 9.17) is 14.6 Å². The molecule has 110 valence electrons. The van der Waals surface area contributed by atoms with Crippen LogP contribution < -0.4 is 0 Å². The molecule has 0 spiro atoms. The fraction of sp³-hybridized carbons (Fsp3) is 0.929. The minimum Gasteiger partial charge on any atom is -0.481 e. The number of rotatable bonds is 3. The molecule has 0 amide bonds. The zero-order chi connectivity index (χ0) is 14.3. The molecule has 2 saturated heterocycles. The van der Waals surface area contributed by atoms with Crippen molar-refractivity contribution in [3.05, 3.63) is 0 Å². The van der Waals surface area contributed by atoms with Gasteiger partial charge in [0.1, 0.15) is 0 Å². The molecule has 1 N–H and O–H groups in total. The highest BCUT2D eigenvalue weighted by atomic mass is 16.5. The van der Waals surface area contributed by atoms with Crippen LogP contribution >= 0.6 is 0 Å². The van der Waals surface area contributed by atoms with E-state index in [2.05, 4.69) is 32.6 Å². The molecule has 2 aliphatic heterocycles. The average molecular weight is 271 g/mol. The molecule has 0 aromatic rings. The summed E-state index contributed by atoms with van der Waals surface area (Å²) in [5.74, 6) is -0.767. The molecule has 0 saturated carbocycles. The van der Waals surface area contributed by atoms with E-state index in [9.17, 15) is 4.79 Å². The maximum Gasteiger partial charge on any atom is 0.305 e. The van der Waals surface area contributed by atoms with E-state index in [0.29, 0.717) is 13.2 Å². The first-order valence-corrected chi connectivity index (χ1v) is 6.97. The van der Waals surface area contributed by atoms with Crippen LogP contribution in [0.3, 0.4) is 0 Å². The highest BCUT2D eigenvalue weighted by molar-refractivity contribution is 5.67. The summed E-state index contributed by atoms with van der Waals surface area (Å²) in [7, 11) is 0. The fourth-order valence-corrected chi connectivity index (χ4v) is 3.51. The number of aliphatic carboxylic acids is 1. The summed E-state index contributed by atoms with van der Waals surface area (Å²) in [6, 6.07) is 0.198. The van der Waals surface area contributed by atoms with Gasteiger partial charge in [0.05, 0.1) is 30.8 Å². The monoisotopic (exact) mass is 271 g/mol. The van der Waals surface area contributed by atoms with Crippen LogP contribution in [-0.2, 0) is 14.3 Å². The zero-order valence-corrected chi connectivity index (χ0v) is 12.3. The molecule has 2 aliphatic rings. The fourth-order valence-electron chi connectivity index (χ4n) is 3.51. The molecule has 2 fully saturated rings. The van der Waals surface area contributed by atoms with Gasteiger partial charge in [-0.15, -0.1) is 0 Å². The van der Waals surface area contributed by atoms with Crippen LogP contribution in [0.5, 0.6) is 0 Å². The summed E-state index contributed by atoms with van der Waals surface area (Å²) in [6.07, 6.45) is 1.06. The largest absolute Gasteiger partial charge is 0.481 e. The van der Waals surface area contributed by atoms with Crippen molar-refractivity contribution in [2.75, 3.05) is 19.8 Å². The Balaban J connectivity index is 2.15. The number of carboxylic acids is 1. The van der Waals surface area contributed by atoms with E-state index in [-0.39, 0.29) is 29.7 Å².